The average Bonchev–Trinajstić information content (AvgIpc) is 2.66. The number of hydrogen-bond acceptors (Lipinski definition) is 4. The highest BCUT2D eigenvalue weighted by atomic mass is 16.6. The molecule has 3 aliphatic rings. The van der Waals surface area contributed by atoms with Gasteiger partial charge in [-0.15, -0.1) is 0 Å². The number of nitrogens with zero attached hydrogens (tertiary/aromatic N) is 1. The summed E-state index contributed by atoms with van der Waals surface area (Å²) in [6.45, 7) is 5.11. The van der Waals surface area contributed by atoms with Crippen molar-refractivity contribution in [3.05, 3.63) is 48.0 Å². The van der Waals surface area contributed by atoms with Crippen LogP contribution in [0.3, 0.4) is 0 Å². The summed E-state index contributed by atoms with van der Waals surface area (Å²) >= 11 is 0. The molecule has 1 aromatic carbocycles. The Kier molecular flexibility index (Phi) is 5.92. The van der Waals surface area contributed by atoms with Crippen LogP contribution in [0.15, 0.2) is 42.5 Å². The van der Waals surface area contributed by atoms with Gasteiger partial charge in [0.1, 0.15) is 6.10 Å². The minimum Gasteiger partial charge on any atom is -0.458 e. The van der Waals surface area contributed by atoms with Gasteiger partial charge in [-0.3, -0.25) is 4.90 Å². The zero-order chi connectivity index (χ0) is 17.7. The van der Waals surface area contributed by atoms with E-state index in [1.165, 1.54) is 0 Å². The largest absolute Gasteiger partial charge is 0.458 e. The van der Waals surface area contributed by atoms with Crippen LogP contribution in [-0.2, 0) is 15.1 Å². The van der Waals surface area contributed by atoms with Crippen LogP contribution in [0.25, 0.3) is 0 Å². The second-order valence-electron chi connectivity index (χ2n) is 7.26. The lowest BCUT2D eigenvalue weighted by molar-refractivity contribution is -0.176. The summed E-state index contributed by atoms with van der Waals surface area (Å²) in [6.07, 6.45) is 8.53. The fourth-order valence-electron chi connectivity index (χ4n) is 3.82. The molecule has 4 nitrogen and oxygen atoms in total. The van der Waals surface area contributed by atoms with Gasteiger partial charge in [-0.1, -0.05) is 56.2 Å². The molecule has 0 saturated carbocycles. The molecule has 4 rings (SSSR count). The molecule has 136 valence electrons. The van der Waals surface area contributed by atoms with Crippen LogP contribution in [0.2, 0.25) is 0 Å². The number of carbonyl (C=O) groups excluding carboxylic acids is 1. The Labute approximate surface area is 150 Å². The molecule has 25 heavy (non-hydrogen) atoms. The third kappa shape index (κ3) is 4.13. The van der Waals surface area contributed by atoms with E-state index in [2.05, 4.69) is 11.8 Å². The monoisotopic (exact) mass is 343 g/mol. The van der Waals surface area contributed by atoms with Crippen molar-refractivity contribution in [3.63, 3.8) is 0 Å². The summed E-state index contributed by atoms with van der Waals surface area (Å²) in [5, 5.41) is 11.2. The van der Waals surface area contributed by atoms with Gasteiger partial charge >= 0.3 is 5.97 Å². The SMILES string of the molecule is CCCC/C=C/[C@](O)(C(=O)O[C@@H]1CN2CCC1CC2)c1ccccc1. The number of unbranched alkanes of at least 4 members (excludes halogenated alkanes) is 2. The summed E-state index contributed by atoms with van der Waals surface area (Å²) < 4.78 is 5.82. The third-order valence-electron chi connectivity index (χ3n) is 5.46. The molecule has 1 N–H and O–H groups in total. The van der Waals surface area contributed by atoms with Gasteiger partial charge in [-0.2, -0.15) is 0 Å². The second kappa shape index (κ2) is 8.15. The highest BCUT2D eigenvalue weighted by molar-refractivity contribution is 5.83. The van der Waals surface area contributed by atoms with E-state index in [1.807, 2.05) is 24.3 Å². The first-order valence-electron chi connectivity index (χ1n) is 9.52. The molecule has 0 aromatic heterocycles. The Hall–Kier alpha value is -1.65. The van der Waals surface area contributed by atoms with Crippen molar-refractivity contribution in [2.24, 2.45) is 5.92 Å². The van der Waals surface area contributed by atoms with E-state index in [0.717, 1.165) is 51.7 Å². The molecule has 4 heteroatoms. The quantitative estimate of drug-likeness (QED) is 0.469. The first-order valence-corrected chi connectivity index (χ1v) is 9.52. The third-order valence-corrected chi connectivity index (χ3v) is 5.46. The second-order valence-corrected chi connectivity index (χ2v) is 7.26. The molecular formula is C21H29NO3. The van der Waals surface area contributed by atoms with Crippen molar-refractivity contribution in [1.82, 2.24) is 4.90 Å². The van der Waals surface area contributed by atoms with E-state index >= 15 is 0 Å². The number of benzene rings is 1. The van der Waals surface area contributed by atoms with Gasteiger partial charge in [0, 0.05) is 6.54 Å². The molecule has 0 aliphatic carbocycles. The fraction of sp³-hybridized carbons (Fsp3) is 0.571. The minimum absolute atomic E-state index is 0.103. The molecule has 0 amide bonds. The van der Waals surface area contributed by atoms with E-state index in [-0.39, 0.29) is 6.10 Å². The maximum Gasteiger partial charge on any atom is 0.347 e. The molecule has 3 saturated heterocycles. The number of rotatable bonds is 7. The molecule has 3 aliphatic heterocycles. The normalized spacial score (nSPS) is 28.0. The van der Waals surface area contributed by atoms with Crippen LogP contribution in [0.4, 0.5) is 0 Å². The van der Waals surface area contributed by atoms with Crippen LogP contribution in [0, 0.1) is 5.92 Å². The molecule has 0 unspecified atom stereocenters. The number of aliphatic hydroxyl groups is 1. The molecule has 2 bridgehead atoms. The van der Waals surface area contributed by atoms with Crippen molar-refractivity contribution in [2.75, 3.05) is 19.6 Å². The van der Waals surface area contributed by atoms with E-state index in [0.29, 0.717) is 11.5 Å². The summed E-state index contributed by atoms with van der Waals surface area (Å²) in [6, 6.07) is 9.11. The van der Waals surface area contributed by atoms with Gasteiger partial charge in [-0.05, 0) is 49.9 Å². The number of ether oxygens (including phenoxy) is 1. The molecule has 1 aromatic rings. The molecule has 3 heterocycles. The number of fused-ring (bicyclic) bond motifs is 3. The highest BCUT2D eigenvalue weighted by Gasteiger charge is 2.42. The van der Waals surface area contributed by atoms with Crippen molar-refractivity contribution in [2.45, 2.75) is 50.7 Å². The van der Waals surface area contributed by atoms with E-state index in [1.54, 1.807) is 18.2 Å². The smallest absolute Gasteiger partial charge is 0.347 e. The van der Waals surface area contributed by atoms with Crippen molar-refractivity contribution < 1.29 is 14.6 Å². The van der Waals surface area contributed by atoms with Crippen LogP contribution >= 0.6 is 0 Å². The number of hydrogen-bond donors (Lipinski definition) is 1. The lowest BCUT2D eigenvalue weighted by atomic mass is 9.85. The number of piperidine rings is 3. The summed E-state index contributed by atoms with van der Waals surface area (Å²) in [5.41, 5.74) is -1.14. The lowest BCUT2D eigenvalue weighted by Crippen LogP contribution is -2.53. The van der Waals surface area contributed by atoms with Gasteiger partial charge in [0.05, 0.1) is 0 Å². The first kappa shape index (κ1) is 18.2. The van der Waals surface area contributed by atoms with Gasteiger partial charge in [-0.25, -0.2) is 4.79 Å². The summed E-state index contributed by atoms with van der Waals surface area (Å²) in [4.78, 5) is 15.3. The van der Waals surface area contributed by atoms with E-state index in [4.69, 9.17) is 4.74 Å². The van der Waals surface area contributed by atoms with Crippen molar-refractivity contribution >= 4 is 5.97 Å². The zero-order valence-corrected chi connectivity index (χ0v) is 15.1. The zero-order valence-electron chi connectivity index (χ0n) is 15.1. The highest BCUT2D eigenvalue weighted by Crippen LogP contribution is 2.32. The molecule has 0 spiro atoms. The van der Waals surface area contributed by atoms with Gasteiger partial charge in [0.15, 0.2) is 0 Å². The Balaban J connectivity index is 1.76. The van der Waals surface area contributed by atoms with E-state index < -0.39 is 11.6 Å². The maximum absolute atomic E-state index is 12.9. The molecule has 2 atom stereocenters. The van der Waals surface area contributed by atoms with Crippen LogP contribution in [0.5, 0.6) is 0 Å². The van der Waals surface area contributed by atoms with Gasteiger partial charge in [0.25, 0.3) is 0 Å². The Morgan fingerprint density at radius 2 is 2.04 bits per heavy atom. The molecular weight excluding hydrogens is 314 g/mol. The van der Waals surface area contributed by atoms with Crippen LogP contribution in [-0.4, -0.2) is 41.7 Å². The van der Waals surface area contributed by atoms with Gasteiger partial charge in [0.2, 0.25) is 5.60 Å². The fourth-order valence-corrected chi connectivity index (χ4v) is 3.82. The number of carbonyl (C=O) groups is 1. The number of esters is 1. The van der Waals surface area contributed by atoms with Gasteiger partial charge < -0.3 is 9.84 Å². The predicted octanol–water partition coefficient (Wildman–Crippen LogP) is 3.26. The first-order chi connectivity index (χ1) is 12.1. The summed E-state index contributed by atoms with van der Waals surface area (Å²) in [7, 11) is 0. The molecule has 3 fully saturated rings. The summed E-state index contributed by atoms with van der Waals surface area (Å²) in [5.74, 6) is -0.122. The Morgan fingerprint density at radius 3 is 2.64 bits per heavy atom. The van der Waals surface area contributed by atoms with Crippen LogP contribution < -0.4 is 0 Å². The van der Waals surface area contributed by atoms with Crippen molar-refractivity contribution in [1.29, 1.82) is 0 Å². The van der Waals surface area contributed by atoms with Crippen LogP contribution in [0.1, 0.15) is 44.6 Å². The van der Waals surface area contributed by atoms with E-state index in [9.17, 15) is 9.90 Å². The van der Waals surface area contributed by atoms with Crippen molar-refractivity contribution in [3.8, 4) is 0 Å². The average molecular weight is 343 g/mol. The number of allylic oxidation sites excluding steroid dienone is 1. The Bertz CT molecular complexity index is 592. The Morgan fingerprint density at radius 1 is 1.32 bits per heavy atom. The predicted molar refractivity (Wildman–Crippen MR) is 98.0 cm³/mol. The maximum atomic E-state index is 12.9. The minimum atomic E-state index is -1.71. The topological polar surface area (TPSA) is 49.8 Å². The standard InChI is InChI=1S/C21H29NO3/c1-2-3-4-8-13-21(24,18-9-6-5-7-10-18)20(23)25-19-16-22-14-11-17(19)12-15-22/h5-10,13,17,19,24H,2-4,11-12,14-16H2,1H3/b13-8+/t19-,21-/m1/s1. The lowest BCUT2D eigenvalue weighted by Gasteiger charge is -2.44. The molecule has 0 radical (unpaired) electrons.